The highest BCUT2D eigenvalue weighted by Crippen LogP contribution is 2.23. The summed E-state index contributed by atoms with van der Waals surface area (Å²) in [7, 11) is 0. The van der Waals surface area contributed by atoms with E-state index in [1.165, 1.54) is 0 Å². The van der Waals surface area contributed by atoms with E-state index in [0.717, 1.165) is 11.4 Å². The number of rotatable bonds is 4. The highest BCUT2D eigenvalue weighted by molar-refractivity contribution is 5.62. The van der Waals surface area contributed by atoms with Gasteiger partial charge in [-0.15, -0.1) is 0 Å². The lowest BCUT2D eigenvalue weighted by Crippen LogP contribution is -2.20. The Kier molecular flexibility index (Phi) is 3.57. The van der Waals surface area contributed by atoms with Crippen molar-refractivity contribution in [3.05, 3.63) is 60.7 Å². The lowest BCUT2D eigenvalue weighted by Gasteiger charge is -2.23. The van der Waals surface area contributed by atoms with E-state index in [1.54, 1.807) is 0 Å². The van der Waals surface area contributed by atoms with Crippen molar-refractivity contribution in [1.29, 1.82) is 0 Å². The van der Waals surface area contributed by atoms with Crippen LogP contribution in [0.1, 0.15) is 0 Å². The quantitative estimate of drug-likeness (QED) is 0.763. The number of hydrogen-bond acceptors (Lipinski definition) is 1. The number of benzene rings is 2. The second-order valence-electron chi connectivity index (χ2n) is 3.53. The van der Waals surface area contributed by atoms with E-state index in [1.807, 2.05) is 65.6 Å². The lowest BCUT2D eigenvalue weighted by atomic mass is 10.2. The fraction of sp³-hybridized carbons (Fsp3) is 0.143. The number of anilines is 2. The van der Waals surface area contributed by atoms with Crippen molar-refractivity contribution in [2.75, 3.05) is 18.1 Å². The third kappa shape index (κ3) is 2.41. The standard InChI is InChI=1S/C14H14NO/c16-12-11-15(13-7-3-1-4-8-13)14-9-5-2-6-10-14/h1-10H,11-12H2. The molecule has 0 heterocycles. The average Bonchev–Trinajstić information content (AvgIpc) is 2.38. The molecule has 0 aliphatic rings. The smallest absolute Gasteiger partial charge is 0.100 e. The zero-order chi connectivity index (χ0) is 11.2. The van der Waals surface area contributed by atoms with Crippen LogP contribution in [0.3, 0.4) is 0 Å². The zero-order valence-electron chi connectivity index (χ0n) is 9.04. The molecule has 81 valence electrons. The monoisotopic (exact) mass is 212 g/mol. The van der Waals surface area contributed by atoms with Crippen LogP contribution >= 0.6 is 0 Å². The maximum Gasteiger partial charge on any atom is 0.100 e. The molecule has 0 saturated heterocycles. The van der Waals surface area contributed by atoms with Gasteiger partial charge < -0.3 is 4.90 Å². The topological polar surface area (TPSA) is 23.1 Å². The van der Waals surface area contributed by atoms with Crippen LogP contribution in [-0.4, -0.2) is 13.2 Å². The highest BCUT2D eigenvalue weighted by Gasteiger charge is 2.07. The molecule has 2 aromatic carbocycles. The molecule has 0 amide bonds. The number of hydrogen-bond donors (Lipinski definition) is 0. The second kappa shape index (κ2) is 5.33. The predicted molar refractivity (Wildman–Crippen MR) is 65.4 cm³/mol. The summed E-state index contributed by atoms with van der Waals surface area (Å²) in [4.78, 5) is 2.03. The average molecular weight is 212 g/mol. The fourth-order valence-corrected chi connectivity index (χ4v) is 1.71. The minimum atomic E-state index is -0.107. The van der Waals surface area contributed by atoms with Crippen LogP contribution in [0.15, 0.2) is 60.7 Å². The maximum absolute atomic E-state index is 10.8. The molecule has 0 aromatic heterocycles. The van der Waals surface area contributed by atoms with E-state index < -0.39 is 0 Å². The van der Waals surface area contributed by atoms with Gasteiger partial charge >= 0.3 is 0 Å². The van der Waals surface area contributed by atoms with Gasteiger partial charge in [-0.05, 0) is 24.3 Å². The molecule has 2 heteroatoms. The summed E-state index contributed by atoms with van der Waals surface area (Å²) in [6.45, 7) is 0.387. The van der Waals surface area contributed by atoms with Crippen molar-refractivity contribution < 1.29 is 5.11 Å². The number of nitrogens with zero attached hydrogens (tertiary/aromatic N) is 1. The van der Waals surface area contributed by atoms with Crippen molar-refractivity contribution >= 4 is 11.4 Å². The van der Waals surface area contributed by atoms with Gasteiger partial charge in [0.05, 0.1) is 0 Å². The van der Waals surface area contributed by atoms with Crippen molar-refractivity contribution in [2.24, 2.45) is 0 Å². The molecular weight excluding hydrogens is 198 g/mol. The molecule has 2 nitrogen and oxygen atoms in total. The van der Waals surface area contributed by atoms with Crippen LogP contribution in [0.2, 0.25) is 0 Å². The summed E-state index contributed by atoms with van der Waals surface area (Å²) >= 11 is 0. The van der Waals surface area contributed by atoms with Crippen molar-refractivity contribution in [3.8, 4) is 0 Å². The van der Waals surface area contributed by atoms with Gasteiger partial charge in [-0.1, -0.05) is 36.4 Å². The lowest BCUT2D eigenvalue weighted by molar-refractivity contribution is 0.203. The minimum absolute atomic E-state index is 0.107. The van der Waals surface area contributed by atoms with E-state index in [0.29, 0.717) is 6.54 Å². The third-order valence-electron chi connectivity index (χ3n) is 2.45. The van der Waals surface area contributed by atoms with Gasteiger partial charge in [0.15, 0.2) is 0 Å². The van der Waals surface area contributed by atoms with E-state index in [2.05, 4.69) is 0 Å². The van der Waals surface area contributed by atoms with Crippen LogP contribution in [0.4, 0.5) is 11.4 Å². The van der Waals surface area contributed by atoms with Gasteiger partial charge in [0, 0.05) is 17.9 Å². The van der Waals surface area contributed by atoms with Gasteiger partial charge in [-0.3, -0.25) is 0 Å². The largest absolute Gasteiger partial charge is 0.339 e. The summed E-state index contributed by atoms with van der Waals surface area (Å²) in [6.07, 6.45) is 0. The summed E-state index contributed by atoms with van der Waals surface area (Å²) in [5, 5.41) is 10.8. The Bertz CT molecular complexity index is 374. The van der Waals surface area contributed by atoms with Crippen molar-refractivity contribution in [1.82, 2.24) is 0 Å². The van der Waals surface area contributed by atoms with E-state index in [-0.39, 0.29) is 6.61 Å². The maximum atomic E-state index is 10.8. The van der Waals surface area contributed by atoms with Crippen LogP contribution < -0.4 is 4.90 Å². The molecule has 2 rings (SSSR count). The molecule has 0 N–H and O–H groups in total. The van der Waals surface area contributed by atoms with Crippen LogP contribution in [0, 0.1) is 0 Å². The molecule has 0 spiro atoms. The van der Waals surface area contributed by atoms with Crippen LogP contribution in [0.5, 0.6) is 0 Å². The van der Waals surface area contributed by atoms with Gasteiger partial charge in [-0.25, -0.2) is 5.11 Å². The molecule has 0 saturated carbocycles. The first-order valence-electron chi connectivity index (χ1n) is 5.37. The second-order valence-corrected chi connectivity index (χ2v) is 3.53. The van der Waals surface area contributed by atoms with Crippen LogP contribution in [-0.2, 0) is 5.11 Å². The Hall–Kier alpha value is -1.80. The van der Waals surface area contributed by atoms with Gasteiger partial charge in [0.25, 0.3) is 0 Å². The van der Waals surface area contributed by atoms with Crippen LogP contribution in [0.25, 0.3) is 0 Å². The summed E-state index contributed by atoms with van der Waals surface area (Å²) < 4.78 is 0. The molecule has 0 fully saturated rings. The summed E-state index contributed by atoms with van der Waals surface area (Å²) in [5.74, 6) is 0. The molecule has 0 unspecified atom stereocenters. The first-order chi connectivity index (χ1) is 7.92. The Morgan fingerprint density at radius 2 is 1.19 bits per heavy atom. The summed E-state index contributed by atoms with van der Waals surface area (Å²) in [5.41, 5.74) is 2.12. The van der Waals surface area contributed by atoms with E-state index >= 15 is 0 Å². The Morgan fingerprint density at radius 3 is 1.56 bits per heavy atom. The highest BCUT2D eigenvalue weighted by atomic mass is 16.3. The van der Waals surface area contributed by atoms with Gasteiger partial charge in [-0.2, -0.15) is 0 Å². The first kappa shape index (κ1) is 10.7. The Labute approximate surface area is 95.8 Å². The molecule has 0 aliphatic heterocycles. The predicted octanol–water partition coefficient (Wildman–Crippen LogP) is 3.26. The normalized spacial score (nSPS) is 10.1. The van der Waals surface area contributed by atoms with E-state index in [9.17, 15) is 5.11 Å². The van der Waals surface area contributed by atoms with Crippen molar-refractivity contribution in [2.45, 2.75) is 0 Å². The zero-order valence-corrected chi connectivity index (χ0v) is 9.04. The minimum Gasteiger partial charge on any atom is -0.339 e. The SMILES string of the molecule is [O]CCN(c1ccccc1)c1ccccc1. The Morgan fingerprint density at radius 1 is 0.750 bits per heavy atom. The first-order valence-corrected chi connectivity index (χ1v) is 5.37. The Balaban J connectivity index is 2.31. The molecule has 0 bridgehead atoms. The fourth-order valence-electron chi connectivity index (χ4n) is 1.71. The van der Waals surface area contributed by atoms with Crippen molar-refractivity contribution in [3.63, 3.8) is 0 Å². The molecule has 0 atom stereocenters. The molecule has 16 heavy (non-hydrogen) atoms. The molecule has 0 aliphatic carbocycles. The van der Waals surface area contributed by atoms with E-state index in [4.69, 9.17) is 0 Å². The van der Waals surface area contributed by atoms with Gasteiger partial charge in [0.1, 0.15) is 6.61 Å². The molecule has 1 radical (unpaired) electrons. The number of para-hydroxylation sites is 2. The summed E-state index contributed by atoms with van der Waals surface area (Å²) in [6, 6.07) is 19.9. The third-order valence-corrected chi connectivity index (χ3v) is 2.45. The van der Waals surface area contributed by atoms with Gasteiger partial charge in [0.2, 0.25) is 0 Å². The molecular formula is C14H14NO. The molecule has 2 aromatic rings.